The van der Waals surface area contributed by atoms with Crippen molar-refractivity contribution in [2.75, 3.05) is 40.5 Å². The van der Waals surface area contributed by atoms with Crippen LogP contribution in [0.5, 0.6) is 5.88 Å². The van der Waals surface area contributed by atoms with Crippen molar-refractivity contribution in [1.82, 2.24) is 14.8 Å². The fourth-order valence-corrected chi connectivity index (χ4v) is 4.92. The van der Waals surface area contributed by atoms with Crippen LogP contribution in [0.3, 0.4) is 0 Å². The third-order valence-electron chi connectivity index (χ3n) is 6.30. The molecule has 2 bridgehead atoms. The van der Waals surface area contributed by atoms with E-state index in [2.05, 4.69) is 16.0 Å². The Bertz CT molecular complexity index is 648. The number of hydrogen-bond donors (Lipinski definition) is 0. The summed E-state index contributed by atoms with van der Waals surface area (Å²) in [5.74, 6) is 1.19. The third-order valence-corrected chi connectivity index (χ3v) is 6.30. The van der Waals surface area contributed by atoms with Gasteiger partial charge in [-0.05, 0) is 44.8 Å². The Morgan fingerprint density at radius 3 is 2.44 bits per heavy atom. The van der Waals surface area contributed by atoms with E-state index in [1.165, 1.54) is 7.11 Å². The van der Waals surface area contributed by atoms with E-state index in [-0.39, 0.29) is 18.2 Å². The molecule has 1 aromatic rings. The van der Waals surface area contributed by atoms with Gasteiger partial charge in [0.1, 0.15) is 0 Å². The monoisotopic (exact) mass is 375 g/mol. The largest absolute Gasteiger partial charge is 0.481 e. The van der Waals surface area contributed by atoms with E-state index < -0.39 is 0 Å². The second kappa shape index (κ2) is 8.02. The van der Waals surface area contributed by atoms with E-state index in [4.69, 9.17) is 14.2 Å². The summed E-state index contributed by atoms with van der Waals surface area (Å²) in [5, 5.41) is 0. The van der Waals surface area contributed by atoms with Gasteiger partial charge in [0.05, 0.1) is 39.5 Å². The molecular formula is C20H29N3O4. The minimum Gasteiger partial charge on any atom is -0.481 e. The van der Waals surface area contributed by atoms with Gasteiger partial charge < -0.3 is 19.1 Å². The van der Waals surface area contributed by atoms with E-state index in [0.29, 0.717) is 31.1 Å². The Kier molecular flexibility index (Phi) is 5.50. The highest BCUT2D eigenvalue weighted by Gasteiger charge is 2.44. The highest BCUT2D eigenvalue weighted by Crippen LogP contribution is 2.35. The molecule has 3 aliphatic heterocycles. The van der Waals surface area contributed by atoms with Crippen molar-refractivity contribution < 1.29 is 19.0 Å². The maximum absolute atomic E-state index is 12.1. The lowest BCUT2D eigenvalue weighted by Gasteiger charge is -2.50. The average Bonchev–Trinajstić information content (AvgIpc) is 2.72. The molecule has 3 fully saturated rings. The van der Waals surface area contributed by atoms with Gasteiger partial charge in [0, 0.05) is 23.7 Å². The van der Waals surface area contributed by atoms with E-state index >= 15 is 0 Å². The Hall–Kier alpha value is -1.86. The molecule has 7 heteroatoms. The number of ether oxygens (including phenoxy) is 3. The SMILES string of the molecule is COC(=O)N1C2COCC1CC(N1CCC(c3cccc(OC)n3)CC1)C2. The normalized spacial score (nSPS) is 29.4. The van der Waals surface area contributed by atoms with Gasteiger partial charge in [-0.3, -0.25) is 4.90 Å². The average molecular weight is 375 g/mol. The number of rotatable bonds is 3. The van der Waals surface area contributed by atoms with Crippen molar-refractivity contribution in [1.29, 1.82) is 0 Å². The first-order valence-corrected chi connectivity index (χ1v) is 9.88. The summed E-state index contributed by atoms with van der Waals surface area (Å²) in [7, 11) is 3.12. The molecule has 27 heavy (non-hydrogen) atoms. The van der Waals surface area contributed by atoms with Crippen LogP contribution >= 0.6 is 0 Å². The van der Waals surface area contributed by atoms with Gasteiger partial charge in [0.15, 0.2) is 0 Å². The van der Waals surface area contributed by atoms with E-state index in [1.54, 1.807) is 7.11 Å². The fraction of sp³-hybridized carbons (Fsp3) is 0.700. The zero-order valence-corrected chi connectivity index (χ0v) is 16.2. The topological polar surface area (TPSA) is 64.1 Å². The number of amides is 1. The number of fused-ring (bicyclic) bond motifs is 2. The number of methoxy groups -OCH3 is 2. The van der Waals surface area contributed by atoms with Crippen LogP contribution in [-0.4, -0.2) is 79.5 Å². The summed E-state index contributed by atoms with van der Waals surface area (Å²) in [6.45, 7) is 3.39. The molecule has 0 aromatic carbocycles. The molecule has 0 N–H and O–H groups in total. The lowest BCUT2D eigenvalue weighted by atomic mass is 9.86. The molecule has 7 nitrogen and oxygen atoms in total. The first-order valence-electron chi connectivity index (χ1n) is 9.88. The van der Waals surface area contributed by atoms with Crippen LogP contribution < -0.4 is 4.74 Å². The first kappa shape index (κ1) is 18.5. The van der Waals surface area contributed by atoms with Gasteiger partial charge in [0.25, 0.3) is 0 Å². The van der Waals surface area contributed by atoms with Crippen molar-refractivity contribution in [2.45, 2.75) is 49.7 Å². The maximum Gasteiger partial charge on any atom is 0.410 e. The highest BCUT2D eigenvalue weighted by molar-refractivity contribution is 5.68. The molecule has 3 saturated heterocycles. The predicted molar refractivity (Wildman–Crippen MR) is 100.0 cm³/mol. The molecule has 2 unspecified atom stereocenters. The minimum absolute atomic E-state index is 0.132. The van der Waals surface area contributed by atoms with Gasteiger partial charge in [0.2, 0.25) is 5.88 Å². The van der Waals surface area contributed by atoms with Crippen LogP contribution in [0.2, 0.25) is 0 Å². The molecule has 4 heterocycles. The number of nitrogens with zero attached hydrogens (tertiary/aromatic N) is 3. The molecule has 0 aliphatic carbocycles. The Balaban J connectivity index is 1.37. The molecule has 148 valence electrons. The van der Waals surface area contributed by atoms with Crippen molar-refractivity contribution in [2.24, 2.45) is 0 Å². The third kappa shape index (κ3) is 3.75. The van der Waals surface area contributed by atoms with Crippen molar-refractivity contribution in [3.8, 4) is 5.88 Å². The lowest BCUT2D eigenvalue weighted by Crippen LogP contribution is -2.62. The Labute approximate surface area is 160 Å². The van der Waals surface area contributed by atoms with Crippen LogP contribution in [-0.2, 0) is 9.47 Å². The zero-order valence-electron chi connectivity index (χ0n) is 16.2. The maximum atomic E-state index is 12.1. The van der Waals surface area contributed by atoms with Gasteiger partial charge in [-0.15, -0.1) is 0 Å². The van der Waals surface area contributed by atoms with Crippen LogP contribution in [0.4, 0.5) is 4.79 Å². The van der Waals surface area contributed by atoms with E-state index in [0.717, 1.165) is 44.5 Å². The highest BCUT2D eigenvalue weighted by atomic mass is 16.5. The molecule has 1 aromatic heterocycles. The number of carbonyl (C=O) groups is 1. The minimum atomic E-state index is -0.213. The van der Waals surface area contributed by atoms with Gasteiger partial charge in [-0.2, -0.15) is 0 Å². The Morgan fingerprint density at radius 2 is 1.81 bits per heavy atom. The summed E-state index contributed by atoms with van der Waals surface area (Å²) >= 11 is 0. The number of pyridine rings is 1. The number of aromatic nitrogens is 1. The van der Waals surface area contributed by atoms with Crippen LogP contribution in [0, 0.1) is 0 Å². The summed E-state index contributed by atoms with van der Waals surface area (Å²) < 4.78 is 16.0. The standard InChI is InChI=1S/C20H29N3O4/c1-25-19-5-3-4-18(21-19)14-6-8-22(9-7-14)15-10-16-12-27-13-17(11-15)23(16)20(24)26-2/h3-5,14-17H,6-13H2,1-2H3. The molecule has 0 saturated carbocycles. The quantitative estimate of drug-likeness (QED) is 0.808. The smallest absolute Gasteiger partial charge is 0.410 e. The number of morpholine rings is 1. The first-order chi connectivity index (χ1) is 13.2. The molecule has 3 aliphatic rings. The van der Waals surface area contributed by atoms with Crippen molar-refractivity contribution in [3.63, 3.8) is 0 Å². The molecule has 4 rings (SSSR count). The lowest BCUT2D eigenvalue weighted by molar-refractivity contribution is -0.0852. The molecule has 0 spiro atoms. The van der Waals surface area contributed by atoms with E-state index in [9.17, 15) is 4.79 Å². The van der Waals surface area contributed by atoms with Gasteiger partial charge in [-0.25, -0.2) is 9.78 Å². The molecule has 2 atom stereocenters. The second-order valence-electron chi connectivity index (χ2n) is 7.76. The molecule has 0 radical (unpaired) electrons. The summed E-state index contributed by atoms with van der Waals surface area (Å²) in [5.41, 5.74) is 1.14. The second-order valence-corrected chi connectivity index (χ2v) is 7.76. The van der Waals surface area contributed by atoms with Gasteiger partial charge >= 0.3 is 6.09 Å². The summed E-state index contributed by atoms with van der Waals surface area (Å²) in [6, 6.07) is 6.81. The van der Waals surface area contributed by atoms with Gasteiger partial charge in [-0.1, -0.05) is 6.07 Å². The van der Waals surface area contributed by atoms with Crippen LogP contribution in [0.1, 0.15) is 37.3 Å². The number of piperidine rings is 2. The number of likely N-dealkylation sites (tertiary alicyclic amines) is 1. The molecular weight excluding hydrogens is 346 g/mol. The fourth-order valence-electron chi connectivity index (χ4n) is 4.92. The number of hydrogen-bond acceptors (Lipinski definition) is 6. The predicted octanol–water partition coefficient (Wildman–Crippen LogP) is 2.27. The van der Waals surface area contributed by atoms with Crippen LogP contribution in [0.15, 0.2) is 18.2 Å². The zero-order chi connectivity index (χ0) is 18.8. The number of carbonyl (C=O) groups excluding carboxylic acids is 1. The molecule has 1 amide bonds. The van der Waals surface area contributed by atoms with Crippen molar-refractivity contribution >= 4 is 6.09 Å². The van der Waals surface area contributed by atoms with E-state index in [1.807, 2.05) is 17.0 Å². The summed E-state index contributed by atoms with van der Waals surface area (Å²) in [4.78, 5) is 21.3. The summed E-state index contributed by atoms with van der Waals surface area (Å²) in [6.07, 6.45) is 3.95. The van der Waals surface area contributed by atoms with Crippen LogP contribution in [0.25, 0.3) is 0 Å². The van der Waals surface area contributed by atoms with Crippen molar-refractivity contribution in [3.05, 3.63) is 23.9 Å². The Morgan fingerprint density at radius 1 is 1.11 bits per heavy atom.